The molecule has 1 aliphatic heterocycles. The lowest BCUT2D eigenvalue weighted by Crippen LogP contribution is -2.54. The van der Waals surface area contributed by atoms with Crippen molar-refractivity contribution in [3.05, 3.63) is 47.5 Å². The van der Waals surface area contributed by atoms with Crippen LogP contribution >= 0.6 is 0 Å². The Morgan fingerprint density at radius 3 is 2.75 bits per heavy atom. The van der Waals surface area contributed by atoms with Crippen LogP contribution in [0.1, 0.15) is 23.8 Å². The second kappa shape index (κ2) is 6.93. The minimum atomic E-state index is -3.85. The first kappa shape index (κ1) is 19.9. The number of rotatable bonds is 3. The van der Waals surface area contributed by atoms with Crippen molar-refractivity contribution in [1.82, 2.24) is 19.8 Å². The number of aromatic nitrogens is 2. The first-order chi connectivity index (χ1) is 13.0. The molecular weight excluding hydrogens is 394 g/mol. The molecule has 0 bridgehead atoms. The maximum Gasteiger partial charge on any atom is 0.275 e. The van der Waals surface area contributed by atoms with Gasteiger partial charge in [0.2, 0.25) is 16.0 Å². The number of hydrogen-bond acceptors (Lipinski definition) is 7. The zero-order valence-electron chi connectivity index (χ0n) is 15.1. The zero-order chi connectivity index (χ0) is 20.7. The van der Waals surface area contributed by atoms with Crippen LogP contribution < -0.4 is 11.1 Å². The van der Waals surface area contributed by atoms with Gasteiger partial charge >= 0.3 is 0 Å². The molecule has 0 aromatic carbocycles. The van der Waals surface area contributed by atoms with Crippen molar-refractivity contribution in [2.75, 3.05) is 12.8 Å². The normalized spacial score (nSPS) is 27.1. The van der Waals surface area contributed by atoms with Gasteiger partial charge in [0.1, 0.15) is 5.83 Å². The second-order valence-corrected chi connectivity index (χ2v) is 8.74. The molecule has 3 rings (SSSR count). The van der Waals surface area contributed by atoms with Gasteiger partial charge in [-0.2, -0.15) is 5.10 Å². The molecule has 0 spiro atoms. The third-order valence-electron chi connectivity index (χ3n) is 4.67. The summed E-state index contributed by atoms with van der Waals surface area (Å²) in [7, 11) is -2.62. The van der Waals surface area contributed by atoms with Gasteiger partial charge in [-0.3, -0.25) is 4.79 Å². The predicted octanol–water partition coefficient (Wildman–Crippen LogP) is 0.609. The van der Waals surface area contributed by atoms with E-state index in [1.165, 1.54) is 32.3 Å². The fourth-order valence-electron chi connectivity index (χ4n) is 3.12. The highest BCUT2D eigenvalue weighted by atomic mass is 32.2. The molecule has 2 heterocycles. The number of nitrogens with one attached hydrogen (secondary N) is 1. The summed E-state index contributed by atoms with van der Waals surface area (Å²) in [4.78, 5) is 16.3. The highest BCUT2D eigenvalue weighted by Crippen LogP contribution is 2.41. The summed E-state index contributed by atoms with van der Waals surface area (Å²) in [6.45, 7) is 1.38. The molecule has 28 heavy (non-hydrogen) atoms. The van der Waals surface area contributed by atoms with E-state index >= 15 is 0 Å². The van der Waals surface area contributed by atoms with Crippen molar-refractivity contribution in [3.8, 4) is 0 Å². The summed E-state index contributed by atoms with van der Waals surface area (Å²) in [6.07, 6.45) is 2.05. The Morgan fingerprint density at radius 2 is 2.14 bits per heavy atom. The molecular formula is C16H18F2N6O3S. The summed E-state index contributed by atoms with van der Waals surface area (Å²) in [5, 5.41) is 9.68. The van der Waals surface area contributed by atoms with Gasteiger partial charge in [0.15, 0.2) is 11.5 Å². The molecule has 0 saturated carbocycles. The van der Waals surface area contributed by atoms with Crippen LogP contribution in [-0.2, 0) is 10.0 Å². The maximum absolute atomic E-state index is 14.6. The largest absolute Gasteiger partial charge is 0.369 e. The molecule has 12 heteroatoms. The van der Waals surface area contributed by atoms with Crippen molar-refractivity contribution >= 4 is 21.9 Å². The molecule has 0 saturated heterocycles. The fourth-order valence-corrected chi connectivity index (χ4v) is 4.64. The van der Waals surface area contributed by atoms with Crippen LogP contribution in [0.15, 0.2) is 46.7 Å². The molecule has 2 atom stereocenters. The van der Waals surface area contributed by atoms with Gasteiger partial charge < -0.3 is 11.1 Å². The quantitative estimate of drug-likeness (QED) is 0.748. The topological polar surface area (TPSA) is 131 Å². The lowest BCUT2D eigenvalue weighted by atomic mass is 9.80. The number of nitrogens with two attached hydrogens (primary N) is 1. The minimum absolute atomic E-state index is 0.00858. The van der Waals surface area contributed by atoms with Crippen LogP contribution in [0, 0.1) is 5.92 Å². The summed E-state index contributed by atoms with van der Waals surface area (Å²) in [5.41, 5.74) is 4.18. The van der Waals surface area contributed by atoms with Crippen molar-refractivity contribution < 1.29 is 22.0 Å². The summed E-state index contributed by atoms with van der Waals surface area (Å²) in [6, 6.07) is 2.91. The molecule has 1 amide bonds. The van der Waals surface area contributed by atoms with E-state index in [9.17, 15) is 22.0 Å². The van der Waals surface area contributed by atoms with Gasteiger partial charge in [0, 0.05) is 24.9 Å². The molecule has 1 aliphatic carbocycles. The van der Waals surface area contributed by atoms with E-state index in [1.807, 2.05) is 0 Å². The third kappa shape index (κ3) is 3.59. The number of amides is 1. The van der Waals surface area contributed by atoms with Gasteiger partial charge in [-0.05, 0) is 31.6 Å². The van der Waals surface area contributed by atoms with Gasteiger partial charge in [-0.1, -0.05) is 0 Å². The highest BCUT2D eigenvalue weighted by molar-refractivity contribution is 7.89. The molecule has 1 unspecified atom stereocenters. The Kier molecular flexibility index (Phi) is 4.91. The van der Waals surface area contributed by atoms with Crippen molar-refractivity contribution in [2.45, 2.75) is 18.9 Å². The maximum atomic E-state index is 14.6. The van der Waals surface area contributed by atoms with E-state index < -0.39 is 44.8 Å². The third-order valence-corrected chi connectivity index (χ3v) is 6.64. The van der Waals surface area contributed by atoms with Gasteiger partial charge in [0.05, 0.1) is 11.3 Å². The Morgan fingerprint density at radius 1 is 1.43 bits per heavy atom. The highest BCUT2D eigenvalue weighted by Gasteiger charge is 2.48. The number of nitrogens with zero attached hydrogens (tertiary/aromatic N) is 4. The summed E-state index contributed by atoms with van der Waals surface area (Å²) in [5.74, 6) is -5.16. The molecule has 1 aromatic rings. The number of carbonyl (C=O) groups excluding carboxylic acids is 1. The van der Waals surface area contributed by atoms with E-state index in [1.54, 1.807) is 0 Å². The monoisotopic (exact) mass is 412 g/mol. The molecule has 3 N–H and O–H groups in total. The molecule has 150 valence electrons. The lowest BCUT2D eigenvalue weighted by molar-refractivity contribution is 0.0955. The van der Waals surface area contributed by atoms with Crippen molar-refractivity contribution in [2.24, 2.45) is 16.6 Å². The number of aliphatic imine (C=N–C) groups is 1. The van der Waals surface area contributed by atoms with Crippen LogP contribution in [0.25, 0.3) is 0 Å². The second-order valence-electron chi connectivity index (χ2n) is 6.74. The summed E-state index contributed by atoms with van der Waals surface area (Å²) >= 11 is 0. The first-order valence-corrected chi connectivity index (χ1v) is 9.81. The van der Waals surface area contributed by atoms with Gasteiger partial charge in [-0.15, -0.1) is 5.10 Å². The Hall–Kier alpha value is -2.89. The number of sulfonamides is 1. The van der Waals surface area contributed by atoms with Crippen LogP contribution in [-0.4, -0.2) is 53.1 Å². The van der Waals surface area contributed by atoms with Gasteiger partial charge in [0.25, 0.3) is 5.91 Å². The molecule has 9 nitrogen and oxygen atoms in total. The van der Waals surface area contributed by atoms with Gasteiger partial charge in [-0.25, -0.2) is 26.5 Å². The number of guanidine groups is 1. The SMILES string of the molecule is CN1C(N)=N[C@](C)(C2CC(NC(=O)c3cccnn3)=CC(F)=C2F)CS1(=O)=O. The average molecular weight is 412 g/mol. The number of carbonyl (C=O) groups is 1. The number of halogens is 2. The Labute approximate surface area is 160 Å². The number of allylic oxidation sites excluding steroid dienone is 3. The average Bonchev–Trinajstić information content (AvgIpc) is 2.62. The van der Waals surface area contributed by atoms with Crippen LogP contribution in [0.5, 0.6) is 0 Å². The first-order valence-electron chi connectivity index (χ1n) is 8.20. The molecule has 1 aromatic heterocycles. The zero-order valence-corrected chi connectivity index (χ0v) is 15.9. The van der Waals surface area contributed by atoms with E-state index in [2.05, 4.69) is 20.5 Å². The smallest absolute Gasteiger partial charge is 0.275 e. The Balaban J connectivity index is 1.90. The molecule has 2 aliphatic rings. The number of hydrogen-bond donors (Lipinski definition) is 2. The molecule has 0 fully saturated rings. The molecule has 0 radical (unpaired) electrons. The summed E-state index contributed by atoms with van der Waals surface area (Å²) < 4.78 is 54.2. The van der Waals surface area contributed by atoms with Crippen LogP contribution in [0.2, 0.25) is 0 Å². The Bertz CT molecular complexity index is 1010. The van der Waals surface area contributed by atoms with Crippen LogP contribution in [0.3, 0.4) is 0 Å². The lowest BCUT2D eigenvalue weighted by Gasteiger charge is -2.40. The van der Waals surface area contributed by atoms with E-state index in [4.69, 9.17) is 5.73 Å². The van der Waals surface area contributed by atoms with Crippen LogP contribution in [0.4, 0.5) is 8.78 Å². The predicted molar refractivity (Wildman–Crippen MR) is 96.5 cm³/mol. The van der Waals surface area contributed by atoms with E-state index in [0.717, 1.165) is 10.4 Å². The fraction of sp³-hybridized carbons (Fsp3) is 0.375. The van der Waals surface area contributed by atoms with E-state index in [-0.39, 0.29) is 23.8 Å². The van der Waals surface area contributed by atoms with Crippen molar-refractivity contribution in [3.63, 3.8) is 0 Å². The standard InChI is InChI=1S/C16H18F2N6O3S/c1-16(8-28(26,27)24(2)15(19)22-16)10-6-9(7-11(17)13(10)18)21-14(25)12-4-3-5-20-23-12/h3-5,7,10H,6,8H2,1-2H3,(H2,19,22)(H,21,25)/t10?,16-/m0/s1. The van der Waals surface area contributed by atoms with Crippen molar-refractivity contribution in [1.29, 1.82) is 0 Å². The minimum Gasteiger partial charge on any atom is -0.369 e. The van der Waals surface area contributed by atoms with E-state index in [0.29, 0.717) is 0 Å².